The van der Waals surface area contributed by atoms with Crippen molar-refractivity contribution < 1.29 is 4.79 Å². The van der Waals surface area contributed by atoms with Gasteiger partial charge in [0.1, 0.15) is 0 Å². The van der Waals surface area contributed by atoms with Crippen LogP contribution in [0.15, 0.2) is 48.5 Å². The van der Waals surface area contributed by atoms with Gasteiger partial charge in [-0.25, -0.2) is 4.79 Å². The molecule has 1 aliphatic rings. The molecule has 0 aliphatic carbocycles. The average Bonchev–Trinajstić information content (AvgIpc) is 2.65. The lowest BCUT2D eigenvalue weighted by atomic mass is 10.1. The van der Waals surface area contributed by atoms with Gasteiger partial charge in [0.05, 0.1) is 0 Å². The SMILES string of the molecule is Cc1ccc(C)c(N2CCN(C(=O)NCCc3ccccc3)CC2)c1. The average molecular weight is 337 g/mol. The third kappa shape index (κ3) is 4.53. The standard InChI is InChI=1S/C21H27N3O/c1-17-8-9-18(2)20(16-17)23-12-14-24(15-13-23)21(25)22-11-10-19-6-4-3-5-7-19/h3-9,16H,10-15H2,1-2H3,(H,22,25). The van der Waals surface area contributed by atoms with Crippen molar-refractivity contribution in [3.8, 4) is 0 Å². The lowest BCUT2D eigenvalue weighted by molar-refractivity contribution is 0.194. The first-order valence-corrected chi connectivity index (χ1v) is 9.02. The van der Waals surface area contributed by atoms with Gasteiger partial charge in [-0.1, -0.05) is 42.5 Å². The second kappa shape index (κ2) is 8.06. The van der Waals surface area contributed by atoms with Crippen molar-refractivity contribution in [2.24, 2.45) is 0 Å². The van der Waals surface area contributed by atoms with Crippen molar-refractivity contribution >= 4 is 11.7 Å². The molecule has 1 fully saturated rings. The zero-order valence-electron chi connectivity index (χ0n) is 15.2. The van der Waals surface area contributed by atoms with Crippen LogP contribution in [0.3, 0.4) is 0 Å². The molecule has 0 bridgehead atoms. The summed E-state index contributed by atoms with van der Waals surface area (Å²) < 4.78 is 0. The maximum absolute atomic E-state index is 12.3. The number of carbonyl (C=O) groups is 1. The molecule has 1 N–H and O–H groups in total. The summed E-state index contributed by atoms with van der Waals surface area (Å²) in [6.07, 6.45) is 0.870. The maximum atomic E-state index is 12.3. The fourth-order valence-corrected chi connectivity index (χ4v) is 3.28. The van der Waals surface area contributed by atoms with Crippen LogP contribution in [0.1, 0.15) is 16.7 Å². The highest BCUT2D eigenvalue weighted by Gasteiger charge is 2.21. The summed E-state index contributed by atoms with van der Waals surface area (Å²) in [7, 11) is 0. The van der Waals surface area contributed by atoms with Crippen molar-refractivity contribution in [2.75, 3.05) is 37.6 Å². The van der Waals surface area contributed by atoms with E-state index >= 15 is 0 Å². The Morgan fingerprint density at radius 1 is 1.00 bits per heavy atom. The Hall–Kier alpha value is -2.49. The van der Waals surface area contributed by atoms with E-state index in [2.05, 4.69) is 54.4 Å². The van der Waals surface area contributed by atoms with Crippen molar-refractivity contribution in [2.45, 2.75) is 20.3 Å². The number of hydrogen-bond acceptors (Lipinski definition) is 2. The molecular formula is C21H27N3O. The summed E-state index contributed by atoms with van der Waals surface area (Å²) in [6, 6.07) is 16.9. The van der Waals surface area contributed by atoms with Crippen LogP contribution in [0, 0.1) is 13.8 Å². The van der Waals surface area contributed by atoms with Gasteiger partial charge in [0, 0.05) is 38.4 Å². The fraction of sp³-hybridized carbons (Fsp3) is 0.381. The molecule has 2 amide bonds. The zero-order chi connectivity index (χ0) is 17.6. The number of benzene rings is 2. The first-order valence-electron chi connectivity index (χ1n) is 9.02. The quantitative estimate of drug-likeness (QED) is 0.928. The predicted molar refractivity (Wildman–Crippen MR) is 103 cm³/mol. The molecule has 25 heavy (non-hydrogen) atoms. The molecule has 0 saturated carbocycles. The Labute approximate surface area is 150 Å². The van der Waals surface area contributed by atoms with Gasteiger partial charge in [0.15, 0.2) is 0 Å². The molecule has 132 valence electrons. The van der Waals surface area contributed by atoms with Crippen LogP contribution < -0.4 is 10.2 Å². The van der Waals surface area contributed by atoms with Crippen molar-refractivity contribution in [3.05, 3.63) is 65.2 Å². The van der Waals surface area contributed by atoms with Gasteiger partial charge in [-0.15, -0.1) is 0 Å². The summed E-state index contributed by atoms with van der Waals surface area (Å²) in [4.78, 5) is 16.7. The van der Waals surface area contributed by atoms with E-state index in [-0.39, 0.29) is 6.03 Å². The fourth-order valence-electron chi connectivity index (χ4n) is 3.28. The monoisotopic (exact) mass is 337 g/mol. The first kappa shape index (κ1) is 17.3. The van der Waals surface area contributed by atoms with Crippen molar-refractivity contribution in [1.82, 2.24) is 10.2 Å². The second-order valence-corrected chi connectivity index (χ2v) is 6.73. The Kier molecular flexibility index (Phi) is 5.59. The van der Waals surface area contributed by atoms with E-state index < -0.39 is 0 Å². The molecule has 0 atom stereocenters. The van der Waals surface area contributed by atoms with E-state index in [0.717, 1.165) is 32.6 Å². The summed E-state index contributed by atoms with van der Waals surface area (Å²) in [6.45, 7) is 8.26. The summed E-state index contributed by atoms with van der Waals surface area (Å²) in [5, 5.41) is 3.04. The van der Waals surface area contributed by atoms with Crippen LogP contribution in [-0.2, 0) is 6.42 Å². The highest BCUT2D eigenvalue weighted by molar-refractivity contribution is 5.74. The van der Waals surface area contributed by atoms with Gasteiger partial charge < -0.3 is 15.1 Å². The van der Waals surface area contributed by atoms with E-state index in [1.54, 1.807) is 0 Å². The minimum absolute atomic E-state index is 0.0524. The number of anilines is 1. The lowest BCUT2D eigenvalue weighted by Crippen LogP contribution is -2.52. The number of piperazine rings is 1. The summed E-state index contributed by atoms with van der Waals surface area (Å²) >= 11 is 0. The van der Waals surface area contributed by atoms with Gasteiger partial charge in [0.25, 0.3) is 0 Å². The van der Waals surface area contributed by atoms with E-state index in [1.165, 1.54) is 22.4 Å². The second-order valence-electron chi connectivity index (χ2n) is 6.73. The predicted octanol–water partition coefficient (Wildman–Crippen LogP) is 3.38. The van der Waals surface area contributed by atoms with Crippen molar-refractivity contribution in [1.29, 1.82) is 0 Å². The first-order chi connectivity index (χ1) is 12.1. The van der Waals surface area contributed by atoms with Crippen LogP contribution in [0.2, 0.25) is 0 Å². The Morgan fingerprint density at radius 2 is 1.72 bits per heavy atom. The number of nitrogens with one attached hydrogen (secondary N) is 1. The van der Waals surface area contributed by atoms with E-state index in [1.807, 2.05) is 23.1 Å². The molecular weight excluding hydrogens is 310 g/mol. The van der Waals surface area contributed by atoms with Gasteiger partial charge >= 0.3 is 6.03 Å². The smallest absolute Gasteiger partial charge is 0.317 e. The van der Waals surface area contributed by atoms with Crippen LogP contribution in [0.4, 0.5) is 10.5 Å². The maximum Gasteiger partial charge on any atom is 0.317 e. The topological polar surface area (TPSA) is 35.6 Å². The van der Waals surface area contributed by atoms with E-state index in [4.69, 9.17) is 0 Å². The molecule has 0 radical (unpaired) electrons. The zero-order valence-corrected chi connectivity index (χ0v) is 15.2. The molecule has 2 aromatic carbocycles. The Balaban J connectivity index is 1.47. The largest absolute Gasteiger partial charge is 0.368 e. The molecule has 0 unspecified atom stereocenters. The Bertz CT molecular complexity index is 706. The van der Waals surface area contributed by atoms with Gasteiger partial charge in [-0.3, -0.25) is 0 Å². The number of urea groups is 1. The normalized spacial score (nSPS) is 14.5. The van der Waals surface area contributed by atoms with Gasteiger partial charge in [-0.05, 0) is 43.0 Å². The highest BCUT2D eigenvalue weighted by Crippen LogP contribution is 2.22. The molecule has 0 spiro atoms. The van der Waals surface area contributed by atoms with Crippen LogP contribution in [-0.4, -0.2) is 43.7 Å². The number of nitrogens with zero attached hydrogens (tertiary/aromatic N) is 2. The number of aryl methyl sites for hydroxylation is 2. The minimum atomic E-state index is 0.0524. The molecule has 3 rings (SSSR count). The lowest BCUT2D eigenvalue weighted by Gasteiger charge is -2.37. The van der Waals surface area contributed by atoms with Gasteiger partial charge in [-0.2, -0.15) is 0 Å². The van der Waals surface area contributed by atoms with Crippen LogP contribution in [0.25, 0.3) is 0 Å². The third-order valence-electron chi connectivity index (χ3n) is 4.80. The molecule has 1 heterocycles. The van der Waals surface area contributed by atoms with Crippen LogP contribution in [0.5, 0.6) is 0 Å². The molecule has 1 saturated heterocycles. The molecule has 2 aromatic rings. The number of amides is 2. The summed E-state index contributed by atoms with van der Waals surface area (Å²) in [5.41, 5.74) is 5.12. The molecule has 4 heteroatoms. The number of hydrogen-bond donors (Lipinski definition) is 1. The molecule has 0 aromatic heterocycles. The number of rotatable bonds is 4. The molecule has 1 aliphatic heterocycles. The van der Waals surface area contributed by atoms with E-state index in [9.17, 15) is 4.79 Å². The van der Waals surface area contributed by atoms with Crippen LogP contribution >= 0.6 is 0 Å². The summed E-state index contributed by atoms with van der Waals surface area (Å²) in [5.74, 6) is 0. The Morgan fingerprint density at radius 3 is 2.44 bits per heavy atom. The highest BCUT2D eigenvalue weighted by atomic mass is 16.2. The third-order valence-corrected chi connectivity index (χ3v) is 4.80. The minimum Gasteiger partial charge on any atom is -0.368 e. The number of carbonyl (C=O) groups excluding carboxylic acids is 1. The van der Waals surface area contributed by atoms with Crippen molar-refractivity contribution in [3.63, 3.8) is 0 Å². The van der Waals surface area contributed by atoms with Gasteiger partial charge in [0.2, 0.25) is 0 Å². The molecule has 4 nitrogen and oxygen atoms in total. The van der Waals surface area contributed by atoms with E-state index in [0.29, 0.717) is 6.54 Å².